The lowest BCUT2D eigenvalue weighted by Gasteiger charge is -1.73. The second-order valence-corrected chi connectivity index (χ2v) is 0.649. The van der Waals surface area contributed by atoms with E-state index in [4.69, 9.17) is 4.79 Å². The fourth-order valence-corrected chi connectivity index (χ4v) is 0. The average Bonchev–Trinajstić information content (AvgIpc) is 1.73. The molecule has 4 heteroatoms. The third-order valence-electron chi connectivity index (χ3n) is 0.258. The van der Waals surface area contributed by atoms with Crippen molar-refractivity contribution in [2.75, 3.05) is 6.54 Å². The van der Waals surface area contributed by atoms with Crippen LogP contribution in [0.5, 0.6) is 0 Å². The molecule has 0 fully saturated rings. The first-order chi connectivity index (χ1) is 3.27. The molecule has 42 valence electrons. The molecule has 0 heterocycles. The van der Waals surface area contributed by atoms with Crippen molar-refractivity contribution < 1.29 is 9.72 Å². The highest BCUT2D eigenvalue weighted by atomic mass is 16.6. The second kappa shape index (κ2) is 8.91. The van der Waals surface area contributed by atoms with Crippen molar-refractivity contribution >= 4 is 6.79 Å². The molecule has 0 aromatic carbocycles. The molecule has 7 heavy (non-hydrogen) atoms. The Hall–Kier alpha value is -0.930. The number of carbonyl (C=O) groups excluding carboxylic acids is 1. The Labute approximate surface area is 41.3 Å². The summed E-state index contributed by atoms with van der Waals surface area (Å²) in [4.78, 5) is 16.8. The topological polar surface area (TPSA) is 60.2 Å². The van der Waals surface area contributed by atoms with E-state index in [1.165, 1.54) is 6.92 Å². The Bertz CT molecular complexity index is 54.1. The number of hydrogen-bond donors (Lipinski definition) is 0. The molecule has 4 nitrogen and oxygen atoms in total. The highest BCUT2D eigenvalue weighted by Gasteiger charge is 1.76. The van der Waals surface area contributed by atoms with Gasteiger partial charge >= 0.3 is 0 Å². The third-order valence-corrected chi connectivity index (χ3v) is 0.258. The Kier molecular flexibility index (Phi) is 12.0. The van der Waals surface area contributed by atoms with Crippen LogP contribution in [0.3, 0.4) is 0 Å². The van der Waals surface area contributed by atoms with E-state index in [0.29, 0.717) is 0 Å². The maximum absolute atomic E-state index is 9.17. The van der Waals surface area contributed by atoms with Crippen LogP contribution in [0, 0.1) is 10.1 Å². The summed E-state index contributed by atoms with van der Waals surface area (Å²) in [6, 6.07) is 0. The summed E-state index contributed by atoms with van der Waals surface area (Å²) in [7, 11) is 0. The number of carbonyl (C=O) groups is 1. The summed E-state index contributed by atoms with van der Waals surface area (Å²) in [6.45, 7) is 3.53. The Morgan fingerprint density at radius 2 is 1.86 bits per heavy atom. The molecule has 0 saturated carbocycles. The van der Waals surface area contributed by atoms with E-state index in [9.17, 15) is 10.1 Å². The van der Waals surface area contributed by atoms with Gasteiger partial charge in [-0.25, -0.2) is 0 Å². The molecule has 0 aromatic rings. The number of nitro groups is 1. The summed E-state index contributed by atoms with van der Waals surface area (Å²) < 4.78 is 0. The molecule has 0 radical (unpaired) electrons. The summed E-state index contributed by atoms with van der Waals surface area (Å²) in [5, 5.41) is 9.17. The van der Waals surface area contributed by atoms with Gasteiger partial charge in [0.15, 0.2) is 0 Å². The van der Waals surface area contributed by atoms with Gasteiger partial charge in [-0.1, -0.05) is 0 Å². The van der Waals surface area contributed by atoms with Crippen LogP contribution in [0.15, 0.2) is 0 Å². The quantitative estimate of drug-likeness (QED) is 0.351. The van der Waals surface area contributed by atoms with Crippen molar-refractivity contribution in [2.45, 2.75) is 6.92 Å². The highest BCUT2D eigenvalue weighted by Crippen LogP contribution is 1.57. The van der Waals surface area contributed by atoms with Crippen molar-refractivity contribution in [2.24, 2.45) is 0 Å². The van der Waals surface area contributed by atoms with E-state index < -0.39 is 0 Å². The molecule has 0 aliphatic rings. The first kappa shape index (κ1) is 9.42. The average molecular weight is 105 g/mol. The maximum Gasteiger partial charge on any atom is 0.201 e. The van der Waals surface area contributed by atoms with Gasteiger partial charge in [0.1, 0.15) is 6.79 Å². The fourth-order valence-electron chi connectivity index (χ4n) is 0. The van der Waals surface area contributed by atoms with Crippen molar-refractivity contribution in [1.82, 2.24) is 0 Å². The summed E-state index contributed by atoms with van der Waals surface area (Å²) in [5.74, 6) is 0. The lowest BCUT2D eigenvalue weighted by Crippen LogP contribution is -1.92. The monoisotopic (exact) mass is 105 g/mol. The van der Waals surface area contributed by atoms with Gasteiger partial charge in [0.2, 0.25) is 6.54 Å². The van der Waals surface area contributed by atoms with E-state index in [-0.39, 0.29) is 11.5 Å². The number of rotatable bonds is 1. The van der Waals surface area contributed by atoms with Gasteiger partial charge in [-0.2, -0.15) is 0 Å². The lowest BCUT2D eigenvalue weighted by atomic mass is 10.8. The fraction of sp³-hybridized carbons (Fsp3) is 0.667. The smallest absolute Gasteiger partial charge is 0.201 e. The van der Waals surface area contributed by atoms with Crippen LogP contribution in [-0.4, -0.2) is 18.3 Å². The molecule has 0 saturated heterocycles. The van der Waals surface area contributed by atoms with E-state index in [0.717, 1.165) is 0 Å². The first-order valence-electron chi connectivity index (χ1n) is 1.68. The predicted molar refractivity (Wildman–Crippen MR) is 24.7 cm³/mol. The van der Waals surface area contributed by atoms with Gasteiger partial charge in [-0.15, -0.1) is 0 Å². The molecule has 0 atom stereocenters. The van der Waals surface area contributed by atoms with Crippen LogP contribution >= 0.6 is 0 Å². The maximum atomic E-state index is 9.17. The Balaban J connectivity index is 0. The SMILES string of the molecule is C=O.CC[N+](=O)[O-]. The molecule has 0 N–H and O–H groups in total. The van der Waals surface area contributed by atoms with Crippen molar-refractivity contribution in [3.8, 4) is 0 Å². The van der Waals surface area contributed by atoms with Gasteiger partial charge in [0.05, 0.1) is 0 Å². The number of nitrogens with zero attached hydrogens (tertiary/aromatic N) is 1. The van der Waals surface area contributed by atoms with Gasteiger partial charge in [-0.05, 0) is 0 Å². The van der Waals surface area contributed by atoms with Crippen molar-refractivity contribution in [3.05, 3.63) is 10.1 Å². The van der Waals surface area contributed by atoms with E-state index in [2.05, 4.69) is 0 Å². The van der Waals surface area contributed by atoms with Gasteiger partial charge in [-0.3, -0.25) is 10.1 Å². The summed E-state index contributed by atoms with van der Waals surface area (Å²) in [6.07, 6.45) is 0. The van der Waals surface area contributed by atoms with Crippen LogP contribution in [-0.2, 0) is 4.79 Å². The van der Waals surface area contributed by atoms with Crippen LogP contribution < -0.4 is 0 Å². The normalized spacial score (nSPS) is 5.86. The molecular weight excluding hydrogens is 98.0 g/mol. The minimum absolute atomic E-state index is 0.0278. The lowest BCUT2D eigenvalue weighted by molar-refractivity contribution is -0.475. The first-order valence-corrected chi connectivity index (χ1v) is 1.68. The van der Waals surface area contributed by atoms with Crippen molar-refractivity contribution in [3.63, 3.8) is 0 Å². The Morgan fingerprint density at radius 3 is 1.86 bits per heavy atom. The van der Waals surface area contributed by atoms with Gasteiger partial charge in [0.25, 0.3) is 0 Å². The highest BCUT2D eigenvalue weighted by molar-refractivity contribution is 5.10. The summed E-state index contributed by atoms with van der Waals surface area (Å²) in [5.41, 5.74) is 0. The zero-order chi connectivity index (χ0) is 6.28. The zero-order valence-electron chi connectivity index (χ0n) is 4.09. The zero-order valence-corrected chi connectivity index (χ0v) is 4.09. The van der Waals surface area contributed by atoms with Crippen molar-refractivity contribution in [1.29, 1.82) is 0 Å². The molecule has 0 aliphatic carbocycles. The predicted octanol–water partition coefficient (Wildman–Crippen LogP) is 0.0981. The molecule has 0 amide bonds. The van der Waals surface area contributed by atoms with Crippen LogP contribution in [0.25, 0.3) is 0 Å². The largest absolute Gasteiger partial charge is 0.307 e. The molecular formula is C3H7NO3. The molecule has 0 bridgehead atoms. The molecule has 0 rings (SSSR count). The number of hydrogen-bond acceptors (Lipinski definition) is 3. The van der Waals surface area contributed by atoms with E-state index >= 15 is 0 Å². The van der Waals surface area contributed by atoms with E-state index in [1.54, 1.807) is 0 Å². The standard InChI is InChI=1S/C2H5NO2.CH2O/c1-2-3(4)5;1-2/h2H2,1H3;1H2. The second-order valence-electron chi connectivity index (χ2n) is 0.649. The van der Waals surface area contributed by atoms with Gasteiger partial charge < -0.3 is 4.79 Å². The molecule has 0 spiro atoms. The molecule has 0 aliphatic heterocycles. The van der Waals surface area contributed by atoms with E-state index in [1.807, 2.05) is 6.79 Å². The van der Waals surface area contributed by atoms with Crippen LogP contribution in [0.4, 0.5) is 0 Å². The van der Waals surface area contributed by atoms with Crippen LogP contribution in [0.1, 0.15) is 6.92 Å². The van der Waals surface area contributed by atoms with Gasteiger partial charge in [0, 0.05) is 11.8 Å². The Morgan fingerprint density at radius 1 is 1.71 bits per heavy atom. The third kappa shape index (κ3) is 41.7. The minimum Gasteiger partial charge on any atom is -0.307 e. The van der Waals surface area contributed by atoms with Crippen LogP contribution in [0.2, 0.25) is 0 Å². The summed E-state index contributed by atoms with van der Waals surface area (Å²) >= 11 is 0. The minimum atomic E-state index is -0.375. The molecule has 0 aromatic heterocycles. The molecule has 0 unspecified atom stereocenters.